The molecule has 0 saturated heterocycles. The van der Waals surface area contributed by atoms with Gasteiger partial charge in [-0.3, -0.25) is 14.9 Å². The Morgan fingerprint density at radius 1 is 1.16 bits per heavy atom. The van der Waals surface area contributed by atoms with Crippen molar-refractivity contribution < 1.29 is 9.72 Å². The number of hydrogen-bond donors (Lipinski definition) is 0. The van der Waals surface area contributed by atoms with Gasteiger partial charge in [-0.25, -0.2) is 0 Å². The predicted octanol–water partition coefficient (Wildman–Crippen LogP) is 3.08. The van der Waals surface area contributed by atoms with Crippen LogP contribution < -0.4 is 0 Å². The maximum absolute atomic E-state index is 13.3. The summed E-state index contributed by atoms with van der Waals surface area (Å²) in [6.45, 7) is 1.61. The molecule has 0 unspecified atom stereocenters. The lowest BCUT2D eigenvalue weighted by atomic mass is 10.1. The maximum atomic E-state index is 13.3. The van der Waals surface area contributed by atoms with Crippen LogP contribution in [0.25, 0.3) is 0 Å². The number of nitrogens with zero attached hydrogens (tertiary/aromatic N) is 6. The van der Waals surface area contributed by atoms with Crippen LogP contribution in [0.5, 0.6) is 0 Å². The van der Waals surface area contributed by atoms with Gasteiger partial charge in [-0.15, -0.1) is 10.2 Å². The number of benzene rings is 2. The van der Waals surface area contributed by atoms with Crippen molar-refractivity contribution >= 4 is 23.4 Å². The average molecular weight is 441 g/mol. The Labute approximate surface area is 184 Å². The Bertz CT molecular complexity index is 1050. The number of nitro groups is 1. The fourth-order valence-corrected chi connectivity index (χ4v) is 3.75. The lowest BCUT2D eigenvalue weighted by Gasteiger charge is -2.25. The summed E-state index contributed by atoms with van der Waals surface area (Å²) in [4.78, 5) is 28.6. The van der Waals surface area contributed by atoms with Gasteiger partial charge in [0, 0.05) is 38.3 Å². The molecule has 2 aromatic carbocycles. The van der Waals surface area contributed by atoms with E-state index in [-0.39, 0.29) is 17.2 Å². The fraction of sp³-hybridized carbons (Fsp3) is 0.286. The van der Waals surface area contributed by atoms with E-state index in [0.717, 1.165) is 17.3 Å². The van der Waals surface area contributed by atoms with E-state index in [0.29, 0.717) is 29.7 Å². The van der Waals surface area contributed by atoms with Gasteiger partial charge in [-0.05, 0) is 43.6 Å². The topological polar surface area (TPSA) is 97.4 Å². The van der Waals surface area contributed by atoms with Gasteiger partial charge in [0.25, 0.3) is 11.6 Å². The van der Waals surface area contributed by atoms with Gasteiger partial charge in [0.05, 0.1) is 9.82 Å². The Morgan fingerprint density at radius 3 is 2.52 bits per heavy atom. The van der Waals surface area contributed by atoms with Gasteiger partial charge < -0.3 is 14.4 Å². The van der Waals surface area contributed by atoms with Crippen molar-refractivity contribution in [2.45, 2.75) is 16.6 Å². The number of amides is 1. The number of hydrogen-bond acceptors (Lipinski definition) is 7. The van der Waals surface area contributed by atoms with Crippen LogP contribution in [-0.2, 0) is 13.6 Å². The van der Waals surface area contributed by atoms with Gasteiger partial charge in [-0.1, -0.05) is 30.3 Å². The quantitative estimate of drug-likeness (QED) is 0.372. The van der Waals surface area contributed by atoms with E-state index < -0.39 is 4.92 Å². The number of nitro benzene ring substituents is 1. The summed E-state index contributed by atoms with van der Waals surface area (Å²) >= 11 is 1.14. The van der Waals surface area contributed by atoms with Crippen molar-refractivity contribution in [3.05, 3.63) is 76.1 Å². The highest BCUT2D eigenvalue weighted by molar-refractivity contribution is 7.99. The van der Waals surface area contributed by atoms with Crippen LogP contribution in [0.1, 0.15) is 15.9 Å². The zero-order chi connectivity index (χ0) is 22.4. The SMILES string of the molecule is CN(C)CCN(Cc1ccccc1)C(=O)c1ccc(Sc2nncn2C)c([N+](=O)[O-])c1. The van der Waals surface area contributed by atoms with Crippen LogP contribution >= 0.6 is 11.8 Å². The molecule has 0 aliphatic heterocycles. The molecular formula is C21H24N6O3S. The van der Waals surface area contributed by atoms with Gasteiger partial charge >= 0.3 is 0 Å². The van der Waals surface area contributed by atoms with Gasteiger partial charge in [0.2, 0.25) is 0 Å². The first-order valence-corrected chi connectivity index (χ1v) is 10.4. The van der Waals surface area contributed by atoms with Crippen molar-refractivity contribution in [2.75, 3.05) is 27.2 Å². The Hall–Kier alpha value is -3.24. The largest absolute Gasteiger partial charge is 0.333 e. The second-order valence-electron chi connectivity index (χ2n) is 7.28. The standard InChI is InChI=1S/C21H24N6O3S/c1-24(2)11-12-26(14-16-7-5-4-6-8-16)20(28)17-9-10-19(18(13-17)27(29)30)31-21-23-22-15-25(21)3/h4-10,13,15H,11-12,14H2,1-3H3. The number of aryl methyl sites for hydroxylation is 1. The Morgan fingerprint density at radius 2 is 1.90 bits per heavy atom. The molecule has 162 valence electrons. The molecule has 1 amide bonds. The highest BCUT2D eigenvalue weighted by Crippen LogP contribution is 2.34. The second kappa shape index (κ2) is 10.2. The molecule has 1 heterocycles. The first-order valence-electron chi connectivity index (χ1n) is 9.63. The molecule has 10 heteroatoms. The molecular weight excluding hydrogens is 416 g/mol. The van der Waals surface area contributed by atoms with Gasteiger partial charge in [0.15, 0.2) is 5.16 Å². The minimum Gasteiger partial charge on any atom is -0.333 e. The van der Waals surface area contributed by atoms with Crippen molar-refractivity contribution in [3.63, 3.8) is 0 Å². The molecule has 0 N–H and O–H groups in total. The summed E-state index contributed by atoms with van der Waals surface area (Å²) < 4.78 is 1.68. The minimum absolute atomic E-state index is 0.133. The molecule has 3 aromatic rings. The van der Waals surface area contributed by atoms with E-state index in [1.165, 1.54) is 12.4 Å². The normalized spacial score (nSPS) is 11.0. The van der Waals surface area contributed by atoms with Crippen molar-refractivity contribution in [1.29, 1.82) is 0 Å². The Balaban J connectivity index is 1.88. The van der Waals surface area contributed by atoms with E-state index in [1.54, 1.807) is 28.6 Å². The lowest BCUT2D eigenvalue weighted by Crippen LogP contribution is -2.36. The summed E-state index contributed by atoms with van der Waals surface area (Å²) in [5.41, 5.74) is 1.15. The highest BCUT2D eigenvalue weighted by atomic mass is 32.2. The third-order valence-electron chi connectivity index (χ3n) is 4.59. The minimum atomic E-state index is -0.475. The van der Waals surface area contributed by atoms with Crippen molar-refractivity contribution in [3.8, 4) is 0 Å². The second-order valence-corrected chi connectivity index (χ2v) is 8.29. The molecule has 0 saturated carbocycles. The summed E-state index contributed by atoms with van der Waals surface area (Å²) in [6, 6.07) is 14.2. The molecule has 0 aliphatic rings. The number of carbonyl (C=O) groups is 1. The van der Waals surface area contributed by atoms with Crippen LogP contribution in [0, 0.1) is 10.1 Å². The fourth-order valence-electron chi connectivity index (χ4n) is 2.90. The van der Waals surface area contributed by atoms with Crippen LogP contribution in [0.4, 0.5) is 5.69 Å². The summed E-state index contributed by atoms with van der Waals surface area (Å²) in [5, 5.41) is 20.0. The van der Waals surface area contributed by atoms with Crippen molar-refractivity contribution in [2.24, 2.45) is 7.05 Å². The van der Waals surface area contributed by atoms with Crippen LogP contribution in [0.2, 0.25) is 0 Å². The summed E-state index contributed by atoms with van der Waals surface area (Å²) in [6.07, 6.45) is 1.53. The van der Waals surface area contributed by atoms with E-state index in [2.05, 4.69) is 10.2 Å². The van der Waals surface area contributed by atoms with Crippen molar-refractivity contribution in [1.82, 2.24) is 24.6 Å². The lowest BCUT2D eigenvalue weighted by molar-refractivity contribution is -0.387. The first-order chi connectivity index (χ1) is 14.8. The Kier molecular flexibility index (Phi) is 7.37. The molecule has 0 atom stereocenters. The van der Waals surface area contributed by atoms with E-state index >= 15 is 0 Å². The molecule has 0 spiro atoms. The van der Waals surface area contributed by atoms with E-state index in [9.17, 15) is 14.9 Å². The molecule has 0 fully saturated rings. The molecule has 3 rings (SSSR count). The number of rotatable bonds is 9. The van der Waals surface area contributed by atoms with E-state index in [1.807, 2.05) is 49.3 Å². The summed E-state index contributed by atoms with van der Waals surface area (Å²) in [5.74, 6) is -0.246. The zero-order valence-electron chi connectivity index (χ0n) is 17.6. The zero-order valence-corrected chi connectivity index (χ0v) is 18.5. The summed E-state index contributed by atoms with van der Waals surface area (Å²) in [7, 11) is 5.64. The third-order valence-corrected chi connectivity index (χ3v) is 5.71. The average Bonchev–Trinajstić information content (AvgIpc) is 3.15. The van der Waals surface area contributed by atoms with Crippen LogP contribution in [0.3, 0.4) is 0 Å². The number of carbonyl (C=O) groups excluding carboxylic acids is 1. The maximum Gasteiger partial charge on any atom is 0.284 e. The smallest absolute Gasteiger partial charge is 0.284 e. The van der Waals surface area contributed by atoms with Crippen LogP contribution in [-0.4, -0.2) is 62.6 Å². The monoisotopic (exact) mass is 440 g/mol. The molecule has 31 heavy (non-hydrogen) atoms. The van der Waals surface area contributed by atoms with Gasteiger partial charge in [0.1, 0.15) is 6.33 Å². The number of aromatic nitrogens is 3. The molecule has 0 radical (unpaired) electrons. The molecule has 0 bridgehead atoms. The first kappa shape index (κ1) is 22.4. The molecule has 0 aliphatic carbocycles. The number of likely N-dealkylation sites (N-methyl/N-ethyl adjacent to an activating group) is 1. The highest BCUT2D eigenvalue weighted by Gasteiger charge is 2.23. The van der Waals surface area contributed by atoms with E-state index in [4.69, 9.17) is 0 Å². The third kappa shape index (κ3) is 5.89. The van der Waals surface area contributed by atoms with Gasteiger partial charge in [-0.2, -0.15) is 0 Å². The molecule has 9 nitrogen and oxygen atoms in total. The molecule has 1 aromatic heterocycles. The predicted molar refractivity (Wildman–Crippen MR) is 118 cm³/mol. The van der Waals surface area contributed by atoms with Crippen LogP contribution in [0.15, 0.2) is 64.9 Å².